The second kappa shape index (κ2) is 8.25. The first-order chi connectivity index (χ1) is 14.0. The smallest absolute Gasteiger partial charge is 0.341 e. The van der Waals surface area contributed by atoms with Crippen LogP contribution in [0.2, 0.25) is 0 Å². The number of esters is 1. The molecule has 0 fully saturated rings. The highest BCUT2D eigenvalue weighted by molar-refractivity contribution is 8.00. The predicted molar refractivity (Wildman–Crippen MR) is 123 cm³/mol. The van der Waals surface area contributed by atoms with E-state index in [1.165, 1.54) is 38.5 Å². The van der Waals surface area contributed by atoms with Crippen molar-refractivity contribution in [1.29, 1.82) is 0 Å². The maximum atomic E-state index is 12.7. The molecule has 0 bridgehead atoms. The van der Waals surface area contributed by atoms with Crippen molar-refractivity contribution in [3.05, 3.63) is 86.8 Å². The van der Waals surface area contributed by atoms with Crippen LogP contribution in [0.25, 0.3) is 0 Å². The van der Waals surface area contributed by atoms with Crippen LogP contribution in [-0.2, 0) is 11.2 Å². The minimum absolute atomic E-state index is 0.154. The Balaban J connectivity index is 1.82. The van der Waals surface area contributed by atoms with Crippen LogP contribution in [0, 0.1) is 13.8 Å². The number of carbonyl (C=O) groups excluding carboxylic acids is 1. The number of carbonyl (C=O) groups is 1. The van der Waals surface area contributed by atoms with Gasteiger partial charge in [-0.3, -0.25) is 0 Å². The summed E-state index contributed by atoms with van der Waals surface area (Å²) < 4.78 is 5.33. The van der Waals surface area contributed by atoms with Gasteiger partial charge in [0.25, 0.3) is 0 Å². The topological polar surface area (TPSA) is 52.3 Å². The number of ether oxygens (including phenoxy) is 1. The molecule has 2 atom stereocenters. The van der Waals surface area contributed by atoms with Gasteiger partial charge in [-0.05, 0) is 43.9 Å². The number of anilines is 1. The molecular weight excluding hydrogens is 398 g/mol. The number of hydrogen-bond donors (Lipinski definition) is 1. The summed E-state index contributed by atoms with van der Waals surface area (Å²) in [7, 11) is 0. The fourth-order valence-electron chi connectivity index (χ4n) is 3.75. The third kappa shape index (κ3) is 3.94. The van der Waals surface area contributed by atoms with Crippen molar-refractivity contribution in [2.45, 2.75) is 37.7 Å². The highest BCUT2D eigenvalue weighted by atomic mass is 32.2. The van der Waals surface area contributed by atoms with Crippen LogP contribution >= 0.6 is 23.1 Å². The number of thioether (sulfide) groups is 1. The third-order valence-corrected chi connectivity index (χ3v) is 8.12. The van der Waals surface area contributed by atoms with E-state index in [-0.39, 0.29) is 16.5 Å². The molecule has 0 saturated heterocycles. The van der Waals surface area contributed by atoms with Gasteiger partial charge in [0.05, 0.1) is 17.4 Å². The molecule has 0 radical (unpaired) electrons. The van der Waals surface area contributed by atoms with E-state index >= 15 is 0 Å². The van der Waals surface area contributed by atoms with Crippen LogP contribution in [0.4, 0.5) is 5.00 Å². The number of fused-ring (bicyclic) bond motifs is 1. The Bertz CT molecular complexity index is 1020. The summed E-state index contributed by atoms with van der Waals surface area (Å²) in [6, 6.07) is 17.4. The Kier molecular flexibility index (Phi) is 5.70. The van der Waals surface area contributed by atoms with Crippen molar-refractivity contribution < 1.29 is 9.53 Å². The molecule has 4 rings (SSSR count). The van der Waals surface area contributed by atoms with Gasteiger partial charge in [0.2, 0.25) is 0 Å². The molecule has 3 aromatic rings. The molecule has 2 aromatic carbocycles. The predicted octanol–water partition coefficient (Wildman–Crippen LogP) is 6.24. The number of hydrogen-bond acceptors (Lipinski definition) is 5. The number of nitrogen functional groups attached to an aromatic ring is 1. The van der Waals surface area contributed by atoms with Crippen molar-refractivity contribution in [2.24, 2.45) is 0 Å². The first-order valence-electron chi connectivity index (χ1n) is 9.84. The van der Waals surface area contributed by atoms with E-state index in [0.29, 0.717) is 17.2 Å². The Morgan fingerprint density at radius 1 is 1.03 bits per heavy atom. The van der Waals surface area contributed by atoms with Crippen molar-refractivity contribution >= 4 is 34.1 Å². The van der Waals surface area contributed by atoms with Gasteiger partial charge >= 0.3 is 5.97 Å². The molecule has 1 aliphatic heterocycles. The maximum Gasteiger partial charge on any atom is 0.341 e. The van der Waals surface area contributed by atoms with Crippen LogP contribution in [0.3, 0.4) is 0 Å². The summed E-state index contributed by atoms with van der Waals surface area (Å²) in [4.78, 5) is 13.9. The molecule has 2 N–H and O–H groups in total. The van der Waals surface area contributed by atoms with Gasteiger partial charge in [-0.2, -0.15) is 0 Å². The fourth-order valence-corrected chi connectivity index (χ4v) is 6.65. The summed E-state index contributed by atoms with van der Waals surface area (Å²) in [6.45, 7) is 6.37. The van der Waals surface area contributed by atoms with Crippen LogP contribution in [0.1, 0.15) is 60.5 Å². The second-order valence-electron chi connectivity index (χ2n) is 7.43. The molecule has 0 spiro atoms. The highest BCUT2D eigenvalue weighted by Crippen LogP contribution is 2.55. The van der Waals surface area contributed by atoms with Gasteiger partial charge in [-0.1, -0.05) is 59.7 Å². The molecule has 0 amide bonds. The quantitative estimate of drug-likeness (QED) is 0.504. The lowest BCUT2D eigenvalue weighted by molar-refractivity contribution is 0.0527. The van der Waals surface area contributed by atoms with E-state index in [4.69, 9.17) is 10.5 Å². The zero-order valence-electron chi connectivity index (χ0n) is 16.9. The van der Waals surface area contributed by atoms with Gasteiger partial charge in [0.1, 0.15) is 5.00 Å². The molecule has 2 unspecified atom stereocenters. The maximum absolute atomic E-state index is 12.7. The highest BCUT2D eigenvalue weighted by Gasteiger charge is 2.36. The average molecular weight is 424 g/mol. The number of benzene rings is 2. The summed E-state index contributed by atoms with van der Waals surface area (Å²) in [5.41, 5.74) is 13.0. The van der Waals surface area contributed by atoms with Crippen molar-refractivity contribution in [2.75, 3.05) is 12.3 Å². The molecular formula is C24H25NO2S2. The molecule has 1 aliphatic rings. The van der Waals surface area contributed by atoms with Crippen LogP contribution in [0.15, 0.2) is 48.5 Å². The van der Waals surface area contributed by atoms with E-state index in [2.05, 4.69) is 62.4 Å². The lowest BCUT2D eigenvalue weighted by Crippen LogP contribution is -2.16. The van der Waals surface area contributed by atoms with Gasteiger partial charge in [0, 0.05) is 10.1 Å². The summed E-state index contributed by atoms with van der Waals surface area (Å²) in [5, 5.41) is 0.980. The van der Waals surface area contributed by atoms with Gasteiger partial charge in [0.15, 0.2) is 0 Å². The normalized spacial score (nSPS) is 18.3. The minimum Gasteiger partial charge on any atom is -0.462 e. The van der Waals surface area contributed by atoms with E-state index in [1.54, 1.807) is 0 Å². The lowest BCUT2D eigenvalue weighted by atomic mass is 9.96. The van der Waals surface area contributed by atoms with Crippen molar-refractivity contribution in [3.8, 4) is 0 Å². The molecule has 2 heterocycles. The second-order valence-corrected chi connectivity index (χ2v) is 9.83. The van der Waals surface area contributed by atoms with Gasteiger partial charge < -0.3 is 10.5 Å². The third-order valence-electron chi connectivity index (χ3n) is 5.30. The molecule has 3 nitrogen and oxygen atoms in total. The number of rotatable bonds is 4. The van der Waals surface area contributed by atoms with E-state index < -0.39 is 0 Å². The molecule has 5 heteroatoms. The van der Waals surface area contributed by atoms with E-state index in [1.807, 2.05) is 18.7 Å². The molecule has 1 aromatic heterocycles. The fraction of sp³-hybridized carbons (Fsp3) is 0.292. The Labute approximate surface area is 180 Å². The zero-order valence-corrected chi connectivity index (χ0v) is 18.5. The van der Waals surface area contributed by atoms with Gasteiger partial charge in [-0.15, -0.1) is 23.1 Å². The Morgan fingerprint density at radius 3 is 2.21 bits per heavy atom. The van der Waals surface area contributed by atoms with Crippen molar-refractivity contribution in [1.82, 2.24) is 0 Å². The first kappa shape index (κ1) is 20.0. The summed E-state index contributed by atoms with van der Waals surface area (Å²) in [5.74, 6) is -0.306. The number of aryl methyl sites for hydroxylation is 2. The molecule has 150 valence electrons. The van der Waals surface area contributed by atoms with Crippen molar-refractivity contribution in [3.63, 3.8) is 0 Å². The SMILES string of the molecule is CCOC(=O)c1c(N)sc2c1CC(c1ccc(C)cc1)SC2c1ccc(C)cc1. The number of nitrogens with two attached hydrogens (primary N) is 1. The lowest BCUT2D eigenvalue weighted by Gasteiger charge is -2.30. The minimum atomic E-state index is -0.306. The van der Waals surface area contributed by atoms with E-state index in [0.717, 1.165) is 12.0 Å². The first-order valence-corrected chi connectivity index (χ1v) is 11.6. The summed E-state index contributed by atoms with van der Waals surface area (Å²) in [6.07, 6.45) is 0.785. The molecule has 0 saturated carbocycles. The van der Waals surface area contributed by atoms with Crippen LogP contribution < -0.4 is 5.73 Å². The summed E-state index contributed by atoms with van der Waals surface area (Å²) >= 11 is 3.48. The molecule has 0 aliphatic carbocycles. The van der Waals surface area contributed by atoms with E-state index in [9.17, 15) is 4.79 Å². The van der Waals surface area contributed by atoms with Crippen LogP contribution in [0.5, 0.6) is 0 Å². The average Bonchev–Trinajstić information content (AvgIpc) is 3.04. The Hall–Kier alpha value is -2.24. The van der Waals surface area contributed by atoms with Crippen LogP contribution in [-0.4, -0.2) is 12.6 Å². The number of thiophene rings is 1. The Morgan fingerprint density at radius 2 is 1.62 bits per heavy atom. The largest absolute Gasteiger partial charge is 0.462 e. The standard InChI is InChI=1S/C24H25NO2S2/c1-4-27-24(26)20-18-13-19(16-9-5-14(2)6-10-16)28-21(22(18)29-23(20)25)17-11-7-15(3)8-12-17/h5-12,19,21H,4,13,25H2,1-3H3. The van der Waals surface area contributed by atoms with Gasteiger partial charge in [-0.25, -0.2) is 4.79 Å². The molecule has 29 heavy (non-hydrogen) atoms. The monoisotopic (exact) mass is 423 g/mol. The zero-order chi connectivity index (χ0) is 20.5.